The van der Waals surface area contributed by atoms with Crippen LogP contribution in [0.2, 0.25) is 0 Å². The van der Waals surface area contributed by atoms with Crippen molar-refractivity contribution in [1.82, 2.24) is 0 Å². The summed E-state index contributed by atoms with van der Waals surface area (Å²) in [5.41, 5.74) is 8.30. The minimum atomic E-state index is 0.250. The van der Waals surface area contributed by atoms with Crippen LogP contribution in [0, 0.1) is 23.2 Å². The largest absolute Gasteiger partial charge is 0.294 e. The molecule has 0 aliphatic heterocycles. The number of Topliss-reactive ketones (excluding diaryl/α,β-unsaturated/α-hetero) is 1. The highest BCUT2D eigenvalue weighted by atomic mass is 16.1. The quantitative estimate of drug-likeness (QED) is 0.617. The van der Waals surface area contributed by atoms with Gasteiger partial charge in [-0.1, -0.05) is 29.3 Å². The summed E-state index contributed by atoms with van der Waals surface area (Å²) < 4.78 is 0. The lowest BCUT2D eigenvalue weighted by Gasteiger charge is -2.57. The van der Waals surface area contributed by atoms with Gasteiger partial charge in [0.15, 0.2) is 5.78 Å². The van der Waals surface area contributed by atoms with E-state index in [0.717, 1.165) is 24.7 Å². The number of hydrogen-bond acceptors (Lipinski definition) is 1. The fraction of sp³-hybridized carbons (Fsp3) is 0.609. The molecule has 3 atom stereocenters. The Bertz CT molecular complexity index is 851. The van der Waals surface area contributed by atoms with Gasteiger partial charge < -0.3 is 0 Å². The van der Waals surface area contributed by atoms with Gasteiger partial charge in [-0.25, -0.2) is 0 Å². The van der Waals surface area contributed by atoms with Gasteiger partial charge in [-0.15, -0.1) is 0 Å². The maximum Gasteiger partial charge on any atom is 0.167 e. The minimum absolute atomic E-state index is 0.250. The zero-order valence-electron chi connectivity index (χ0n) is 14.2. The molecule has 3 unspecified atom stereocenters. The Hall–Kier alpha value is -1.37. The van der Waals surface area contributed by atoms with Crippen molar-refractivity contribution in [3.63, 3.8) is 0 Å². The summed E-state index contributed by atoms with van der Waals surface area (Å²) in [4.78, 5) is 13.7. The smallest absolute Gasteiger partial charge is 0.167 e. The molecule has 0 saturated heterocycles. The fourth-order valence-corrected chi connectivity index (χ4v) is 8.55. The summed E-state index contributed by atoms with van der Waals surface area (Å²) in [6.07, 6.45) is 11.7. The zero-order valence-corrected chi connectivity index (χ0v) is 14.2. The Morgan fingerprint density at radius 2 is 1.75 bits per heavy atom. The summed E-state index contributed by atoms with van der Waals surface area (Å²) >= 11 is 0. The maximum atomic E-state index is 13.7. The third-order valence-corrected chi connectivity index (χ3v) is 9.15. The van der Waals surface area contributed by atoms with Crippen molar-refractivity contribution in [3.05, 3.63) is 46.0 Å². The number of aryl methyl sites for hydroxylation is 1. The van der Waals surface area contributed by atoms with Crippen LogP contribution in [0.4, 0.5) is 0 Å². The molecule has 7 aliphatic carbocycles. The van der Waals surface area contributed by atoms with Gasteiger partial charge in [0, 0.05) is 22.3 Å². The first-order valence-corrected chi connectivity index (χ1v) is 10.2. The Morgan fingerprint density at radius 1 is 0.917 bits per heavy atom. The molecule has 0 N–H and O–H groups in total. The Balaban J connectivity index is 1.68. The van der Waals surface area contributed by atoms with E-state index < -0.39 is 0 Å². The monoisotopic (exact) mass is 316 g/mol. The molecule has 2 spiro atoms. The van der Waals surface area contributed by atoms with Crippen LogP contribution in [0.3, 0.4) is 0 Å². The molecule has 2 fully saturated rings. The summed E-state index contributed by atoms with van der Waals surface area (Å²) in [6.45, 7) is 0. The molecule has 2 saturated carbocycles. The van der Waals surface area contributed by atoms with Crippen molar-refractivity contribution in [1.29, 1.82) is 0 Å². The number of allylic oxidation sites excluding steroid dienone is 2. The molecule has 122 valence electrons. The van der Waals surface area contributed by atoms with Gasteiger partial charge in [-0.3, -0.25) is 4.79 Å². The second-order valence-electron chi connectivity index (χ2n) is 9.57. The van der Waals surface area contributed by atoms with Crippen LogP contribution >= 0.6 is 0 Å². The van der Waals surface area contributed by atoms with Crippen molar-refractivity contribution in [2.24, 2.45) is 23.2 Å². The minimum Gasteiger partial charge on any atom is -0.294 e. The van der Waals surface area contributed by atoms with E-state index >= 15 is 0 Å². The molecule has 1 heteroatoms. The second kappa shape index (κ2) is 3.74. The molecule has 1 aromatic rings. The van der Waals surface area contributed by atoms with E-state index in [4.69, 9.17) is 0 Å². The third-order valence-electron chi connectivity index (χ3n) is 9.15. The van der Waals surface area contributed by atoms with E-state index in [1.165, 1.54) is 61.6 Å². The van der Waals surface area contributed by atoms with Gasteiger partial charge in [0.2, 0.25) is 0 Å². The number of fused-ring (bicyclic) bond motifs is 4. The van der Waals surface area contributed by atoms with Crippen LogP contribution in [0.5, 0.6) is 0 Å². The molecular formula is C23H24O. The molecule has 1 nitrogen and oxygen atoms in total. The first-order chi connectivity index (χ1) is 11.7. The van der Waals surface area contributed by atoms with Crippen molar-refractivity contribution >= 4 is 5.78 Å². The highest BCUT2D eigenvalue weighted by Gasteiger charge is 2.66. The van der Waals surface area contributed by atoms with E-state index in [2.05, 4.69) is 18.2 Å². The molecule has 0 amide bonds. The number of carbonyl (C=O) groups is 1. The molecular weight excluding hydrogens is 292 g/mol. The molecule has 1 aromatic carbocycles. The molecule has 0 heterocycles. The normalized spacial score (nSPS) is 46.3. The van der Waals surface area contributed by atoms with Gasteiger partial charge in [0.1, 0.15) is 0 Å². The van der Waals surface area contributed by atoms with Gasteiger partial charge >= 0.3 is 0 Å². The lowest BCUT2D eigenvalue weighted by atomic mass is 9.46. The van der Waals surface area contributed by atoms with Crippen LogP contribution < -0.4 is 0 Å². The SMILES string of the molecule is O=C1c2c3cccc2C24CCC(CC2)C2=C4C4CCC2(C4)C1CC3. The van der Waals surface area contributed by atoms with E-state index in [1.807, 2.05) is 11.1 Å². The van der Waals surface area contributed by atoms with Crippen LogP contribution in [0.15, 0.2) is 29.3 Å². The molecule has 0 aromatic heterocycles. The number of rotatable bonds is 0. The number of ketones is 1. The van der Waals surface area contributed by atoms with Crippen molar-refractivity contribution in [2.75, 3.05) is 0 Å². The second-order valence-corrected chi connectivity index (χ2v) is 9.57. The fourth-order valence-electron chi connectivity index (χ4n) is 8.55. The topological polar surface area (TPSA) is 17.1 Å². The average molecular weight is 316 g/mol. The third kappa shape index (κ3) is 1.11. The predicted octanol–water partition coefficient (Wildman–Crippen LogP) is 4.98. The number of carbonyl (C=O) groups excluding carboxylic acids is 1. The van der Waals surface area contributed by atoms with Gasteiger partial charge in [-0.05, 0) is 80.8 Å². The van der Waals surface area contributed by atoms with Crippen LogP contribution in [0.25, 0.3) is 0 Å². The van der Waals surface area contributed by atoms with E-state index in [9.17, 15) is 4.79 Å². The van der Waals surface area contributed by atoms with E-state index in [1.54, 1.807) is 0 Å². The zero-order chi connectivity index (χ0) is 15.7. The molecule has 24 heavy (non-hydrogen) atoms. The summed E-state index contributed by atoms with van der Waals surface area (Å²) in [5, 5.41) is 0. The maximum absolute atomic E-state index is 13.7. The number of hydrogen-bond donors (Lipinski definition) is 0. The Kier molecular flexibility index (Phi) is 2.01. The van der Waals surface area contributed by atoms with Gasteiger partial charge in [0.25, 0.3) is 0 Å². The van der Waals surface area contributed by atoms with Crippen molar-refractivity contribution < 1.29 is 4.79 Å². The Labute approximate surface area is 143 Å². The Morgan fingerprint density at radius 3 is 2.62 bits per heavy atom. The standard InChI is InChI=1S/C23H24O/c24-21-17-5-4-13-2-1-3-16(18(13)21)22-9-6-14(7-10-22)19-20(22)15-8-11-23(17,19)12-15/h1-3,14-15,17H,4-12H2. The molecule has 7 aliphatic rings. The molecule has 8 rings (SSSR count). The van der Waals surface area contributed by atoms with Crippen LogP contribution in [0.1, 0.15) is 72.9 Å². The van der Waals surface area contributed by atoms with E-state index in [0.29, 0.717) is 17.1 Å². The van der Waals surface area contributed by atoms with Crippen molar-refractivity contribution in [2.45, 2.75) is 63.2 Å². The van der Waals surface area contributed by atoms with Crippen molar-refractivity contribution in [3.8, 4) is 0 Å². The van der Waals surface area contributed by atoms with Crippen LogP contribution in [-0.4, -0.2) is 5.78 Å². The first-order valence-electron chi connectivity index (χ1n) is 10.2. The lowest BCUT2D eigenvalue weighted by Crippen LogP contribution is -2.50. The summed E-state index contributed by atoms with van der Waals surface area (Å²) in [7, 11) is 0. The van der Waals surface area contributed by atoms with Crippen LogP contribution in [-0.2, 0) is 11.8 Å². The lowest BCUT2D eigenvalue weighted by molar-refractivity contribution is 0.0713. The van der Waals surface area contributed by atoms with Gasteiger partial charge in [0.05, 0.1) is 0 Å². The predicted molar refractivity (Wildman–Crippen MR) is 93.0 cm³/mol. The highest BCUT2D eigenvalue weighted by Crippen LogP contribution is 2.74. The first kappa shape index (κ1) is 12.9. The molecule has 0 radical (unpaired) electrons. The average Bonchev–Trinajstić information content (AvgIpc) is 3.22. The van der Waals surface area contributed by atoms with E-state index in [-0.39, 0.29) is 5.41 Å². The number of benzene rings is 1. The van der Waals surface area contributed by atoms with Gasteiger partial charge in [-0.2, -0.15) is 0 Å². The molecule has 8 bridgehead atoms. The highest BCUT2D eigenvalue weighted by molar-refractivity contribution is 6.03. The summed E-state index contributed by atoms with van der Waals surface area (Å²) in [6, 6.07) is 6.84. The summed E-state index contributed by atoms with van der Waals surface area (Å²) in [5.74, 6) is 2.48.